The van der Waals surface area contributed by atoms with E-state index in [-0.39, 0.29) is 5.60 Å². The predicted octanol–water partition coefficient (Wildman–Crippen LogP) is 2.78. The van der Waals surface area contributed by atoms with Gasteiger partial charge in [0.1, 0.15) is 17.2 Å². The summed E-state index contributed by atoms with van der Waals surface area (Å²) < 4.78 is 11.9. The number of hydrogen-bond donors (Lipinski definition) is 0. The summed E-state index contributed by atoms with van der Waals surface area (Å²) >= 11 is 0. The first kappa shape index (κ1) is 16.2. The maximum absolute atomic E-state index is 6.31. The number of hydrogen-bond acceptors (Lipinski definition) is 5. The fourth-order valence-electron chi connectivity index (χ4n) is 4.55. The predicted molar refractivity (Wildman–Crippen MR) is 98.3 cm³/mol. The Morgan fingerprint density at radius 1 is 1.12 bits per heavy atom. The molecule has 4 heterocycles. The second kappa shape index (κ2) is 6.32. The van der Waals surface area contributed by atoms with Gasteiger partial charge in [0.25, 0.3) is 0 Å². The van der Waals surface area contributed by atoms with Gasteiger partial charge < -0.3 is 9.47 Å². The molecule has 0 amide bonds. The van der Waals surface area contributed by atoms with Gasteiger partial charge in [0.15, 0.2) is 0 Å². The van der Waals surface area contributed by atoms with Crippen molar-refractivity contribution in [3.8, 4) is 5.75 Å². The Morgan fingerprint density at radius 2 is 1.96 bits per heavy atom. The molecule has 1 spiro atoms. The molecule has 1 aromatic heterocycles. The van der Waals surface area contributed by atoms with Gasteiger partial charge in [-0.3, -0.25) is 4.90 Å². The Morgan fingerprint density at radius 3 is 2.85 bits per heavy atom. The van der Waals surface area contributed by atoms with Crippen LogP contribution in [0.2, 0.25) is 0 Å². The second-order valence-corrected chi connectivity index (χ2v) is 7.70. The van der Waals surface area contributed by atoms with Gasteiger partial charge in [0.2, 0.25) is 0 Å². The average molecular weight is 351 g/mol. The van der Waals surface area contributed by atoms with Crippen LogP contribution in [0, 0.1) is 6.92 Å². The van der Waals surface area contributed by atoms with E-state index in [9.17, 15) is 0 Å². The monoisotopic (exact) mass is 351 g/mol. The molecule has 0 bridgehead atoms. The van der Waals surface area contributed by atoms with Gasteiger partial charge in [-0.25, -0.2) is 9.97 Å². The van der Waals surface area contributed by atoms with Crippen molar-refractivity contribution in [2.45, 2.75) is 44.8 Å². The molecule has 26 heavy (non-hydrogen) atoms. The quantitative estimate of drug-likeness (QED) is 0.833. The van der Waals surface area contributed by atoms with E-state index in [2.05, 4.69) is 28.1 Å². The van der Waals surface area contributed by atoms with Crippen LogP contribution in [0.3, 0.4) is 0 Å². The fourth-order valence-corrected chi connectivity index (χ4v) is 4.55. The summed E-state index contributed by atoms with van der Waals surface area (Å²) in [7, 11) is 0. The smallest absolute Gasteiger partial charge is 0.125 e. The Bertz CT molecular complexity index is 828. The Balaban J connectivity index is 1.30. The van der Waals surface area contributed by atoms with Crippen LogP contribution in [0.1, 0.15) is 41.1 Å². The van der Waals surface area contributed by atoms with Crippen LogP contribution in [0.25, 0.3) is 0 Å². The van der Waals surface area contributed by atoms with Gasteiger partial charge >= 0.3 is 0 Å². The zero-order valence-electron chi connectivity index (χ0n) is 15.3. The molecular formula is C21H25N3O2. The lowest BCUT2D eigenvalue weighted by atomic mass is 9.83. The highest BCUT2D eigenvalue weighted by Gasteiger charge is 2.42. The Kier molecular flexibility index (Phi) is 3.94. The van der Waals surface area contributed by atoms with Gasteiger partial charge in [0.05, 0.1) is 18.9 Å². The maximum Gasteiger partial charge on any atom is 0.125 e. The van der Waals surface area contributed by atoms with Crippen LogP contribution in [-0.4, -0.2) is 41.2 Å². The summed E-state index contributed by atoms with van der Waals surface area (Å²) in [6.07, 6.45) is 5.98. The number of benzene rings is 1. The number of nitrogens with zero attached hydrogens (tertiary/aromatic N) is 3. The van der Waals surface area contributed by atoms with Crippen molar-refractivity contribution in [1.82, 2.24) is 14.9 Å². The van der Waals surface area contributed by atoms with E-state index in [1.54, 1.807) is 0 Å². The Hall–Kier alpha value is -1.98. The average Bonchev–Trinajstić information content (AvgIpc) is 3.12. The SMILES string of the molecule is Cc1ncc2c(n1)C1(CCN(Cc3ccc4c(c3)CCO4)CC1)OCC2. The van der Waals surface area contributed by atoms with Crippen molar-refractivity contribution in [2.75, 3.05) is 26.3 Å². The summed E-state index contributed by atoms with van der Waals surface area (Å²) in [5.41, 5.74) is 4.95. The molecule has 0 N–H and O–H groups in total. The lowest BCUT2D eigenvalue weighted by Crippen LogP contribution is -2.47. The molecule has 1 saturated heterocycles. The molecule has 5 heteroatoms. The first-order valence-electron chi connectivity index (χ1n) is 9.66. The van der Waals surface area contributed by atoms with Gasteiger partial charge in [-0.1, -0.05) is 12.1 Å². The minimum Gasteiger partial charge on any atom is -0.493 e. The molecule has 1 fully saturated rings. The lowest BCUT2D eigenvalue weighted by Gasteiger charge is -2.44. The minimum absolute atomic E-state index is 0.205. The molecule has 5 nitrogen and oxygen atoms in total. The lowest BCUT2D eigenvalue weighted by molar-refractivity contribution is -0.102. The molecular weight excluding hydrogens is 326 g/mol. The van der Waals surface area contributed by atoms with E-state index in [1.807, 2.05) is 13.1 Å². The molecule has 0 aliphatic carbocycles. The van der Waals surface area contributed by atoms with Crippen LogP contribution >= 0.6 is 0 Å². The number of ether oxygens (including phenoxy) is 2. The summed E-state index contributed by atoms with van der Waals surface area (Å²) in [5, 5.41) is 0. The number of aryl methyl sites for hydroxylation is 1. The van der Waals surface area contributed by atoms with Crippen molar-refractivity contribution in [3.63, 3.8) is 0 Å². The van der Waals surface area contributed by atoms with Crippen molar-refractivity contribution in [2.24, 2.45) is 0 Å². The van der Waals surface area contributed by atoms with E-state index < -0.39 is 0 Å². The number of aromatic nitrogens is 2. The first-order chi connectivity index (χ1) is 12.7. The van der Waals surface area contributed by atoms with Crippen molar-refractivity contribution >= 4 is 0 Å². The molecule has 0 unspecified atom stereocenters. The molecule has 136 valence electrons. The maximum atomic E-state index is 6.31. The van der Waals surface area contributed by atoms with Crippen LogP contribution < -0.4 is 4.74 Å². The molecule has 0 saturated carbocycles. The van der Waals surface area contributed by atoms with E-state index in [0.29, 0.717) is 0 Å². The minimum atomic E-state index is -0.205. The molecule has 3 aliphatic rings. The first-order valence-corrected chi connectivity index (χ1v) is 9.66. The molecule has 3 aliphatic heterocycles. The third kappa shape index (κ3) is 2.79. The van der Waals surface area contributed by atoms with Crippen LogP contribution in [-0.2, 0) is 29.7 Å². The van der Waals surface area contributed by atoms with E-state index >= 15 is 0 Å². The van der Waals surface area contributed by atoms with Crippen LogP contribution in [0.4, 0.5) is 0 Å². The molecule has 5 rings (SSSR count). The highest BCUT2D eigenvalue weighted by molar-refractivity contribution is 5.39. The van der Waals surface area contributed by atoms with E-state index in [0.717, 1.165) is 75.8 Å². The standard InChI is InChI=1S/C21H25N3O2/c1-15-22-13-18-5-11-26-21(20(18)23-15)6-8-24(9-7-21)14-16-2-3-19-17(12-16)4-10-25-19/h2-3,12-13H,4-11,14H2,1H3. The zero-order valence-corrected chi connectivity index (χ0v) is 15.3. The highest BCUT2D eigenvalue weighted by atomic mass is 16.5. The number of fused-ring (bicyclic) bond motifs is 3. The van der Waals surface area contributed by atoms with Crippen LogP contribution in [0.15, 0.2) is 24.4 Å². The Labute approximate surface area is 154 Å². The summed E-state index contributed by atoms with van der Waals surface area (Å²) in [4.78, 5) is 11.7. The van der Waals surface area contributed by atoms with Crippen molar-refractivity contribution in [1.29, 1.82) is 0 Å². The van der Waals surface area contributed by atoms with Gasteiger partial charge in [-0.15, -0.1) is 0 Å². The number of piperidine rings is 1. The van der Waals surface area contributed by atoms with Gasteiger partial charge in [0, 0.05) is 32.3 Å². The third-order valence-corrected chi connectivity index (χ3v) is 5.99. The van der Waals surface area contributed by atoms with Crippen molar-refractivity contribution < 1.29 is 9.47 Å². The van der Waals surface area contributed by atoms with Crippen LogP contribution in [0.5, 0.6) is 5.75 Å². The second-order valence-electron chi connectivity index (χ2n) is 7.70. The summed E-state index contributed by atoms with van der Waals surface area (Å²) in [6.45, 7) is 6.65. The van der Waals surface area contributed by atoms with Gasteiger partial charge in [-0.2, -0.15) is 0 Å². The largest absolute Gasteiger partial charge is 0.493 e. The summed E-state index contributed by atoms with van der Waals surface area (Å²) in [5.74, 6) is 1.91. The highest BCUT2D eigenvalue weighted by Crippen LogP contribution is 2.40. The number of rotatable bonds is 2. The van der Waals surface area contributed by atoms with Gasteiger partial charge in [-0.05, 0) is 48.9 Å². The van der Waals surface area contributed by atoms with E-state index in [4.69, 9.17) is 14.5 Å². The molecule has 0 radical (unpaired) electrons. The molecule has 2 aromatic rings. The molecule has 1 aromatic carbocycles. The normalized spacial score (nSPS) is 21.3. The van der Waals surface area contributed by atoms with Crippen molar-refractivity contribution in [3.05, 3.63) is 52.6 Å². The third-order valence-electron chi connectivity index (χ3n) is 5.99. The fraction of sp³-hybridized carbons (Fsp3) is 0.524. The summed E-state index contributed by atoms with van der Waals surface area (Å²) in [6, 6.07) is 6.65. The van der Waals surface area contributed by atoms with E-state index in [1.165, 1.54) is 16.7 Å². The topological polar surface area (TPSA) is 47.5 Å². The zero-order chi connectivity index (χ0) is 17.6. The molecule has 0 atom stereocenters. The number of likely N-dealkylation sites (tertiary alicyclic amines) is 1.